The third-order valence-corrected chi connectivity index (χ3v) is 7.71. The molecule has 218 valence electrons. The molecule has 0 aliphatic carbocycles. The van der Waals surface area contributed by atoms with Crippen molar-refractivity contribution in [3.8, 4) is 22.8 Å². The van der Waals surface area contributed by atoms with Gasteiger partial charge in [-0.25, -0.2) is 0 Å². The van der Waals surface area contributed by atoms with Crippen LogP contribution in [0.3, 0.4) is 0 Å². The van der Waals surface area contributed by atoms with Crippen LogP contribution < -0.4 is 9.47 Å². The zero-order valence-electron chi connectivity index (χ0n) is 23.9. The summed E-state index contributed by atoms with van der Waals surface area (Å²) in [6.45, 7) is 3.43. The highest BCUT2D eigenvalue weighted by atomic mass is 19.4. The molecule has 3 aromatic rings. The van der Waals surface area contributed by atoms with Crippen molar-refractivity contribution >= 4 is 16.8 Å². The molecule has 2 aromatic carbocycles. The number of methoxy groups -OCH3 is 2. The van der Waals surface area contributed by atoms with E-state index < -0.39 is 12.6 Å². The normalized spacial score (nSPS) is 15.1. The highest BCUT2D eigenvalue weighted by Gasteiger charge is 2.32. The molecule has 0 radical (unpaired) electrons. The monoisotopic (exact) mass is 560 g/mol. The summed E-state index contributed by atoms with van der Waals surface area (Å²) in [6.07, 6.45) is -3.71. The van der Waals surface area contributed by atoms with Gasteiger partial charge >= 0.3 is 6.18 Å². The van der Waals surface area contributed by atoms with Crippen molar-refractivity contribution in [1.29, 1.82) is 0 Å². The quantitative estimate of drug-likeness (QED) is 0.372. The molecule has 1 N–H and O–H groups in total. The molecule has 4 rings (SSSR count). The number of halogens is 3. The van der Waals surface area contributed by atoms with E-state index in [4.69, 9.17) is 9.47 Å². The lowest BCUT2D eigenvalue weighted by Gasteiger charge is -2.33. The highest BCUT2D eigenvalue weighted by Crippen LogP contribution is 2.40. The van der Waals surface area contributed by atoms with Gasteiger partial charge in [0.25, 0.3) is 0 Å². The smallest absolute Gasteiger partial charge is 0.393 e. The number of likely N-dealkylation sites (N-methyl/N-ethyl adjacent to an activating group) is 2. The number of hydrogen-bond acceptors (Lipinski definition) is 5. The molecule has 10 heteroatoms. The average molecular weight is 561 g/mol. The molecular formula is C30H39F3N4O3. The number of fused-ring (bicyclic) bond motifs is 1. The first kappa shape index (κ1) is 29.7. The van der Waals surface area contributed by atoms with Crippen molar-refractivity contribution in [3.05, 3.63) is 47.5 Å². The summed E-state index contributed by atoms with van der Waals surface area (Å²) in [5.74, 6) is 1.29. The largest absolute Gasteiger partial charge is 0.493 e. The average Bonchev–Trinajstić information content (AvgIpc) is 3.27. The van der Waals surface area contributed by atoms with Gasteiger partial charge in [0.1, 0.15) is 0 Å². The van der Waals surface area contributed by atoms with Gasteiger partial charge in [-0.3, -0.25) is 9.69 Å². The number of benzene rings is 2. The summed E-state index contributed by atoms with van der Waals surface area (Å²) in [5, 5.41) is 0.583. The molecule has 40 heavy (non-hydrogen) atoms. The second kappa shape index (κ2) is 12.5. The molecule has 1 saturated heterocycles. The number of piperidine rings is 1. The lowest BCUT2D eigenvalue weighted by Crippen LogP contribution is -2.43. The van der Waals surface area contributed by atoms with Crippen molar-refractivity contribution in [1.82, 2.24) is 19.7 Å². The lowest BCUT2D eigenvalue weighted by molar-refractivity contribution is -0.131. The zero-order chi connectivity index (χ0) is 29.0. The van der Waals surface area contributed by atoms with Gasteiger partial charge < -0.3 is 24.3 Å². The number of ether oxygens (including phenoxy) is 2. The van der Waals surface area contributed by atoms with Gasteiger partial charge in [-0.1, -0.05) is 6.07 Å². The van der Waals surface area contributed by atoms with Crippen LogP contribution in [0.5, 0.6) is 11.5 Å². The Morgan fingerprint density at radius 3 is 2.33 bits per heavy atom. The van der Waals surface area contributed by atoms with E-state index in [2.05, 4.69) is 9.88 Å². The number of carbonyl (C=O) groups is 1. The second-order valence-corrected chi connectivity index (χ2v) is 10.8. The van der Waals surface area contributed by atoms with E-state index in [0.29, 0.717) is 46.7 Å². The van der Waals surface area contributed by atoms with Gasteiger partial charge in [0.2, 0.25) is 5.91 Å². The molecule has 0 saturated carbocycles. The minimum absolute atomic E-state index is 0.105. The maximum atomic E-state index is 13.8. The van der Waals surface area contributed by atoms with E-state index in [1.54, 1.807) is 23.1 Å². The van der Waals surface area contributed by atoms with E-state index in [1.165, 1.54) is 14.2 Å². The molecule has 1 fully saturated rings. The number of aromatic nitrogens is 1. The minimum atomic E-state index is -4.37. The Morgan fingerprint density at radius 1 is 1.00 bits per heavy atom. The number of hydrogen-bond donors (Lipinski definition) is 1. The van der Waals surface area contributed by atoms with Crippen molar-refractivity contribution < 1.29 is 27.4 Å². The number of rotatable bonds is 10. The highest BCUT2D eigenvalue weighted by molar-refractivity contribution is 5.91. The fraction of sp³-hybridized carbons (Fsp3) is 0.500. The molecular weight excluding hydrogens is 521 g/mol. The van der Waals surface area contributed by atoms with Crippen molar-refractivity contribution in [2.24, 2.45) is 0 Å². The number of nitrogens with zero attached hydrogens (tertiary/aromatic N) is 3. The standard InChI is InChI=1S/C30H39F3N4O3/c1-35(2)14-15-36(3)28(38)19-37-12-10-20(11-13-37)21-6-8-25-23(16-21)24(18-30(31,32)33)29(34-25)22-7-9-26(39-4)27(17-22)40-5/h6-9,16-17,20,34H,10-15,18-19H2,1-5H3. The first-order valence-electron chi connectivity index (χ1n) is 13.5. The molecule has 7 nitrogen and oxygen atoms in total. The number of aromatic amines is 1. The predicted octanol–water partition coefficient (Wildman–Crippen LogP) is 5.16. The molecule has 1 aliphatic rings. The van der Waals surface area contributed by atoms with Crippen LogP contribution in [0.4, 0.5) is 13.2 Å². The van der Waals surface area contributed by atoms with E-state index in [0.717, 1.165) is 38.0 Å². The Hall–Kier alpha value is -3.24. The molecule has 1 aromatic heterocycles. The fourth-order valence-electron chi connectivity index (χ4n) is 5.35. The number of carbonyl (C=O) groups excluding carboxylic acids is 1. The number of nitrogens with one attached hydrogen (secondary N) is 1. The SMILES string of the molecule is COc1ccc(-c2[nH]c3ccc(C4CCN(CC(=O)N(C)CCN(C)C)CC4)cc3c2CC(F)(F)F)cc1OC. The van der Waals surface area contributed by atoms with Crippen LogP contribution in [-0.4, -0.2) is 99.9 Å². The Balaban J connectivity index is 1.54. The first-order chi connectivity index (χ1) is 19.0. The number of H-pyrrole nitrogens is 1. The molecule has 0 bridgehead atoms. The van der Waals surface area contributed by atoms with Crippen LogP contribution in [0.2, 0.25) is 0 Å². The topological polar surface area (TPSA) is 61.0 Å². The zero-order valence-corrected chi connectivity index (χ0v) is 23.9. The Bertz CT molecular complexity index is 1310. The summed E-state index contributed by atoms with van der Waals surface area (Å²) < 4.78 is 52.0. The number of alkyl halides is 3. The van der Waals surface area contributed by atoms with Crippen LogP contribution in [0.25, 0.3) is 22.2 Å². The number of amides is 1. The number of likely N-dealkylation sites (tertiary alicyclic amines) is 1. The van der Waals surface area contributed by atoms with Crippen molar-refractivity contribution in [2.45, 2.75) is 31.4 Å². The third kappa shape index (κ3) is 7.09. The predicted molar refractivity (Wildman–Crippen MR) is 151 cm³/mol. The van der Waals surface area contributed by atoms with E-state index in [9.17, 15) is 18.0 Å². The fourth-order valence-corrected chi connectivity index (χ4v) is 5.35. The summed E-state index contributed by atoms with van der Waals surface area (Å²) in [7, 11) is 8.82. The molecule has 0 unspecified atom stereocenters. The first-order valence-corrected chi connectivity index (χ1v) is 13.5. The summed E-state index contributed by atoms with van der Waals surface area (Å²) in [5.41, 5.74) is 2.94. The molecule has 1 amide bonds. The maximum absolute atomic E-state index is 13.8. The minimum Gasteiger partial charge on any atom is -0.493 e. The molecule has 0 atom stereocenters. The van der Waals surface area contributed by atoms with Gasteiger partial charge in [-0.05, 0) is 87.4 Å². The van der Waals surface area contributed by atoms with E-state index in [-0.39, 0.29) is 17.4 Å². The molecule has 1 aliphatic heterocycles. The Kier molecular flexibility index (Phi) is 9.30. The van der Waals surface area contributed by atoms with Crippen molar-refractivity contribution in [2.75, 3.05) is 68.1 Å². The van der Waals surface area contributed by atoms with Crippen LogP contribution >= 0.6 is 0 Å². The third-order valence-electron chi connectivity index (χ3n) is 7.71. The van der Waals surface area contributed by atoms with E-state index in [1.807, 2.05) is 44.2 Å². The Morgan fingerprint density at radius 2 is 1.70 bits per heavy atom. The molecule has 2 heterocycles. The van der Waals surface area contributed by atoms with Crippen LogP contribution in [0.15, 0.2) is 36.4 Å². The van der Waals surface area contributed by atoms with Gasteiger partial charge in [0.05, 0.1) is 32.9 Å². The summed E-state index contributed by atoms with van der Waals surface area (Å²) >= 11 is 0. The summed E-state index contributed by atoms with van der Waals surface area (Å²) in [6, 6.07) is 10.9. The van der Waals surface area contributed by atoms with Gasteiger partial charge in [-0.2, -0.15) is 13.2 Å². The Labute approximate surface area is 233 Å². The van der Waals surface area contributed by atoms with Crippen LogP contribution in [0, 0.1) is 0 Å². The van der Waals surface area contributed by atoms with Gasteiger partial charge in [0.15, 0.2) is 11.5 Å². The second-order valence-electron chi connectivity index (χ2n) is 10.8. The lowest BCUT2D eigenvalue weighted by atomic mass is 9.88. The maximum Gasteiger partial charge on any atom is 0.393 e. The van der Waals surface area contributed by atoms with Crippen molar-refractivity contribution in [3.63, 3.8) is 0 Å². The van der Waals surface area contributed by atoms with Gasteiger partial charge in [0, 0.05) is 36.6 Å². The molecule has 0 spiro atoms. The van der Waals surface area contributed by atoms with Crippen LogP contribution in [0.1, 0.15) is 29.9 Å². The van der Waals surface area contributed by atoms with Gasteiger partial charge in [-0.15, -0.1) is 0 Å². The van der Waals surface area contributed by atoms with Crippen LogP contribution in [-0.2, 0) is 11.2 Å². The van der Waals surface area contributed by atoms with E-state index >= 15 is 0 Å². The summed E-state index contributed by atoms with van der Waals surface area (Å²) in [4.78, 5) is 21.8.